The molecule has 8 heteroatoms. The highest BCUT2D eigenvalue weighted by Gasteiger charge is 2.40. The number of para-hydroxylation sites is 1. The van der Waals surface area contributed by atoms with Crippen molar-refractivity contribution in [2.75, 3.05) is 4.90 Å². The number of primary amides is 1. The van der Waals surface area contributed by atoms with Crippen molar-refractivity contribution in [3.8, 4) is 22.3 Å². The van der Waals surface area contributed by atoms with Crippen LogP contribution in [0.15, 0.2) is 91.0 Å². The Labute approximate surface area is 280 Å². The van der Waals surface area contributed by atoms with Crippen molar-refractivity contribution in [2.24, 2.45) is 23.5 Å². The molecule has 0 bridgehead atoms. The van der Waals surface area contributed by atoms with Gasteiger partial charge in [0.1, 0.15) is 11.9 Å². The summed E-state index contributed by atoms with van der Waals surface area (Å²) in [6.45, 7) is 2.27. The van der Waals surface area contributed by atoms with Crippen molar-refractivity contribution in [1.82, 2.24) is 5.32 Å². The zero-order valence-electron chi connectivity index (χ0n) is 26.4. The number of carbonyl (C=O) groups is 3. The summed E-state index contributed by atoms with van der Waals surface area (Å²) < 4.78 is 13.9. The summed E-state index contributed by atoms with van der Waals surface area (Å²) in [4.78, 5) is 43.3. The normalized spacial score (nSPS) is 16.9. The first-order valence-electron chi connectivity index (χ1n) is 16.4. The zero-order chi connectivity index (χ0) is 33.1. The molecule has 1 heterocycles. The van der Waals surface area contributed by atoms with Crippen LogP contribution in [0.2, 0.25) is 5.02 Å². The Morgan fingerprint density at radius 3 is 2.38 bits per heavy atom. The largest absolute Gasteiger partial charge is 0.369 e. The quantitative estimate of drug-likeness (QED) is 0.162. The fourth-order valence-corrected chi connectivity index (χ4v) is 6.91. The van der Waals surface area contributed by atoms with Crippen molar-refractivity contribution in [2.45, 2.75) is 58.0 Å². The first-order chi connectivity index (χ1) is 22.7. The first-order valence-corrected chi connectivity index (χ1v) is 16.8. The Kier molecular flexibility index (Phi) is 9.73. The minimum atomic E-state index is -0.980. The van der Waals surface area contributed by atoms with Gasteiger partial charge in [-0.05, 0) is 70.8 Å². The number of benzene rings is 4. The van der Waals surface area contributed by atoms with Crippen LogP contribution >= 0.6 is 11.6 Å². The van der Waals surface area contributed by atoms with Gasteiger partial charge in [-0.15, -0.1) is 0 Å². The predicted molar refractivity (Wildman–Crippen MR) is 184 cm³/mol. The molecule has 4 aromatic rings. The van der Waals surface area contributed by atoms with Gasteiger partial charge in [-0.1, -0.05) is 111 Å². The number of hydrogen-bond acceptors (Lipinski definition) is 3. The number of nitrogens with two attached hydrogens (primary N) is 1. The second-order valence-corrected chi connectivity index (χ2v) is 13.1. The highest BCUT2D eigenvalue weighted by molar-refractivity contribution is 6.31. The average molecular weight is 652 g/mol. The number of nitrogens with zero attached hydrogens (tertiary/aromatic N) is 1. The molecular weight excluding hydrogens is 613 g/mol. The SMILES string of the molecule is CCCC[C@H](C(N)=O)[C@@H](CC1CC1)C(=O)NC1C(=O)N(Cc2cccc(-c3ccc(F)c(Cl)c3)c2)c2ccccc2-c2ccccc21. The Balaban J connectivity index is 1.37. The van der Waals surface area contributed by atoms with Crippen molar-refractivity contribution in [1.29, 1.82) is 0 Å². The van der Waals surface area contributed by atoms with Gasteiger partial charge in [-0.3, -0.25) is 14.4 Å². The maximum absolute atomic E-state index is 14.7. The Morgan fingerprint density at radius 1 is 0.936 bits per heavy atom. The van der Waals surface area contributed by atoms with Crippen LogP contribution in [-0.2, 0) is 20.9 Å². The van der Waals surface area contributed by atoms with Crippen molar-refractivity contribution < 1.29 is 18.8 Å². The Morgan fingerprint density at radius 2 is 1.66 bits per heavy atom. The van der Waals surface area contributed by atoms with E-state index in [2.05, 4.69) is 5.32 Å². The molecule has 6 nitrogen and oxygen atoms in total. The molecule has 242 valence electrons. The maximum atomic E-state index is 14.7. The predicted octanol–water partition coefficient (Wildman–Crippen LogP) is 8.23. The number of amides is 3. The van der Waals surface area contributed by atoms with E-state index in [9.17, 15) is 18.8 Å². The molecule has 0 aromatic heterocycles. The van der Waals surface area contributed by atoms with Crippen LogP contribution in [0.5, 0.6) is 0 Å². The molecule has 0 saturated heterocycles. The molecule has 47 heavy (non-hydrogen) atoms. The number of unbranched alkanes of at least 4 members (excludes halogenated alkanes) is 1. The van der Waals surface area contributed by atoms with E-state index in [1.807, 2.05) is 79.7 Å². The van der Waals surface area contributed by atoms with Crippen LogP contribution in [0.3, 0.4) is 0 Å². The van der Waals surface area contributed by atoms with Crippen LogP contribution in [-0.4, -0.2) is 17.7 Å². The fourth-order valence-electron chi connectivity index (χ4n) is 6.73. The summed E-state index contributed by atoms with van der Waals surface area (Å²) >= 11 is 6.08. The van der Waals surface area contributed by atoms with Crippen LogP contribution in [0, 0.1) is 23.6 Å². The van der Waals surface area contributed by atoms with Gasteiger partial charge in [0.05, 0.1) is 17.3 Å². The van der Waals surface area contributed by atoms with Gasteiger partial charge in [0.25, 0.3) is 5.91 Å². The summed E-state index contributed by atoms with van der Waals surface area (Å²) in [5.41, 5.74) is 11.5. The number of rotatable bonds is 12. The molecule has 2 aliphatic rings. The molecule has 0 radical (unpaired) electrons. The van der Waals surface area contributed by atoms with E-state index >= 15 is 0 Å². The Bertz CT molecular complexity index is 1810. The summed E-state index contributed by atoms with van der Waals surface area (Å²) in [5.74, 6) is -2.37. The van der Waals surface area contributed by atoms with Gasteiger partial charge >= 0.3 is 0 Å². The average Bonchev–Trinajstić information content (AvgIpc) is 3.91. The minimum absolute atomic E-state index is 0.0362. The summed E-state index contributed by atoms with van der Waals surface area (Å²) in [5, 5.41) is 3.16. The monoisotopic (exact) mass is 651 g/mol. The molecule has 1 aliphatic heterocycles. The van der Waals surface area contributed by atoms with Gasteiger partial charge < -0.3 is 16.0 Å². The van der Waals surface area contributed by atoms with Crippen LogP contribution in [0.25, 0.3) is 22.3 Å². The molecule has 3 amide bonds. The molecule has 1 fully saturated rings. The van der Waals surface area contributed by atoms with Gasteiger partial charge in [-0.2, -0.15) is 0 Å². The Hall–Kier alpha value is -4.49. The zero-order valence-corrected chi connectivity index (χ0v) is 27.2. The van der Waals surface area contributed by atoms with E-state index in [4.69, 9.17) is 17.3 Å². The van der Waals surface area contributed by atoms with Crippen molar-refractivity contribution in [3.63, 3.8) is 0 Å². The van der Waals surface area contributed by atoms with Crippen LogP contribution in [0.4, 0.5) is 10.1 Å². The lowest BCUT2D eigenvalue weighted by Gasteiger charge is -2.29. The first kappa shape index (κ1) is 32.5. The molecule has 1 saturated carbocycles. The summed E-state index contributed by atoms with van der Waals surface area (Å²) in [6.07, 6.45) is 4.86. The van der Waals surface area contributed by atoms with E-state index in [0.717, 1.165) is 59.2 Å². The minimum Gasteiger partial charge on any atom is -0.369 e. The number of carbonyl (C=O) groups excluding carboxylic acids is 3. The molecule has 0 spiro atoms. The third-order valence-electron chi connectivity index (χ3n) is 9.42. The van der Waals surface area contributed by atoms with Gasteiger partial charge in [0.2, 0.25) is 11.8 Å². The van der Waals surface area contributed by atoms with Crippen molar-refractivity contribution >= 4 is 35.0 Å². The van der Waals surface area contributed by atoms with E-state index < -0.39 is 29.6 Å². The number of hydrogen-bond donors (Lipinski definition) is 2. The van der Waals surface area contributed by atoms with Crippen LogP contribution in [0.1, 0.15) is 62.6 Å². The highest BCUT2D eigenvalue weighted by Crippen LogP contribution is 2.42. The molecule has 1 aliphatic carbocycles. The molecular formula is C39H39ClFN3O3. The fraction of sp³-hybridized carbons (Fsp3) is 0.308. The topological polar surface area (TPSA) is 92.5 Å². The molecule has 6 rings (SSSR count). The molecule has 4 aromatic carbocycles. The van der Waals surface area contributed by atoms with Crippen LogP contribution < -0.4 is 16.0 Å². The summed E-state index contributed by atoms with van der Waals surface area (Å²) in [6, 6.07) is 26.7. The molecule has 1 unspecified atom stereocenters. The van der Waals surface area contributed by atoms with E-state index in [0.29, 0.717) is 24.3 Å². The van der Waals surface area contributed by atoms with Gasteiger partial charge in [0, 0.05) is 17.4 Å². The maximum Gasteiger partial charge on any atom is 0.254 e. The third-order valence-corrected chi connectivity index (χ3v) is 9.71. The van der Waals surface area contributed by atoms with E-state index in [1.54, 1.807) is 17.0 Å². The van der Waals surface area contributed by atoms with E-state index in [1.165, 1.54) is 6.07 Å². The highest BCUT2D eigenvalue weighted by atomic mass is 35.5. The molecule has 3 atom stereocenters. The van der Waals surface area contributed by atoms with Crippen molar-refractivity contribution in [3.05, 3.63) is 113 Å². The summed E-state index contributed by atoms with van der Waals surface area (Å²) in [7, 11) is 0. The second-order valence-electron chi connectivity index (χ2n) is 12.7. The van der Waals surface area contributed by atoms with Gasteiger partial charge in [-0.25, -0.2) is 4.39 Å². The standard InChI is InChI=1S/C39H39ClFN3O3/c1-2-3-11-31(37(42)45)32(21-24-16-17-24)38(46)43-36-30-14-5-4-12-28(30)29-13-6-7-15-35(29)44(39(36)47)23-25-9-8-10-26(20-25)27-18-19-34(41)33(40)22-27/h4-10,12-15,18-20,22,24,31-32,36H,2-3,11,16-17,21,23H2,1H3,(H2,42,45)(H,43,46)/t31-,32+,36?/m0/s1. The second kappa shape index (κ2) is 14.1. The lowest BCUT2D eigenvalue weighted by Crippen LogP contribution is -2.46. The lowest BCUT2D eigenvalue weighted by molar-refractivity contribution is -0.136. The van der Waals surface area contributed by atoms with E-state index in [-0.39, 0.29) is 23.4 Å². The lowest BCUT2D eigenvalue weighted by atomic mass is 9.82. The third kappa shape index (κ3) is 7.10. The smallest absolute Gasteiger partial charge is 0.254 e. The van der Waals surface area contributed by atoms with Gasteiger partial charge in [0.15, 0.2) is 0 Å². The number of nitrogens with one attached hydrogen (secondary N) is 1. The molecule has 3 N–H and O–H groups in total. The number of fused-ring (bicyclic) bond motifs is 3. The number of anilines is 1. The number of halogens is 2.